The summed E-state index contributed by atoms with van der Waals surface area (Å²) in [6, 6.07) is 4.55. The summed E-state index contributed by atoms with van der Waals surface area (Å²) in [5.74, 6) is 0. The molecule has 0 saturated carbocycles. The highest BCUT2D eigenvalue weighted by Crippen LogP contribution is 2.07. The smallest absolute Gasteiger partial charge is 0.418 e. The third kappa shape index (κ3) is 11.8. The second kappa shape index (κ2) is 8.23. The van der Waals surface area contributed by atoms with Crippen LogP contribution in [-0.2, 0) is 0 Å². The summed E-state index contributed by atoms with van der Waals surface area (Å²) in [4.78, 5) is 0. The molecule has 7 heteroatoms. The summed E-state index contributed by atoms with van der Waals surface area (Å²) >= 11 is -0.122. The van der Waals surface area contributed by atoms with Crippen molar-refractivity contribution in [1.82, 2.24) is 0 Å². The highest BCUT2D eigenvalue weighted by molar-refractivity contribution is 6.83. The molecule has 0 aliphatic heterocycles. The lowest BCUT2D eigenvalue weighted by Gasteiger charge is -2.01. The van der Waals surface area contributed by atoms with E-state index >= 15 is 0 Å². The highest BCUT2D eigenvalue weighted by Gasteiger charge is 2.20. The summed E-state index contributed by atoms with van der Waals surface area (Å²) < 4.78 is 44.0. The van der Waals surface area contributed by atoms with Crippen molar-refractivity contribution in [2.45, 2.75) is 40.4 Å². The Bertz CT molecular complexity index is 510. The highest BCUT2D eigenvalue weighted by atomic mass is 127. The summed E-state index contributed by atoms with van der Waals surface area (Å²) in [5.41, 5.74) is 7.69. The monoisotopic (exact) mass is 430 g/mol. The quantitative estimate of drug-likeness (QED) is 0.277. The lowest BCUT2D eigenvalue weighted by molar-refractivity contribution is -0.536. The molecule has 0 aliphatic rings. The van der Waals surface area contributed by atoms with Gasteiger partial charge in [-0.15, -0.1) is 0 Å². The Labute approximate surface area is 136 Å². The van der Waals surface area contributed by atoms with Crippen LogP contribution in [0.2, 0.25) is 19.6 Å². The maximum absolute atomic E-state index is 9.75. The average molecular weight is 430 g/mol. The molecule has 0 nitrogen and oxygen atoms in total. The summed E-state index contributed by atoms with van der Waals surface area (Å²) in [6.07, 6.45) is 0. The minimum Gasteiger partial charge on any atom is -0.418 e. The lowest BCUT2D eigenvalue weighted by Crippen LogP contribution is -3.60. The van der Waals surface area contributed by atoms with Gasteiger partial charge in [-0.2, -0.15) is 0 Å². The predicted molar refractivity (Wildman–Crippen MR) is 80.7 cm³/mol. The number of hydrogen-bond acceptors (Lipinski definition) is 0. The van der Waals surface area contributed by atoms with Crippen molar-refractivity contribution < 1.29 is 38.5 Å². The van der Waals surface area contributed by atoms with Gasteiger partial charge in [0.05, 0.1) is 0 Å². The standard InChI is InChI=1S/C14H20ISi.BF4/c1-11-9-12(2)14(13(3)10-11)15-7-8-16(4,5)6;2-1(3,4)5/h9-10H,1-6H3;/q+1;-1. The Hall–Kier alpha value is -0.488. The van der Waals surface area contributed by atoms with Gasteiger partial charge in [0.1, 0.15) is 8.07 Å². The fourth-order valence-electron chi connectivity index (χ4n) is 1.52. The number of rotatable bonds is 1. The fraction of sp³-hybridized carbons (Fsp3) is 0.429. The first-order valence-corrected chi connectivity index (χ1v) is 12.1. The van der Waals surface area contributed by atoms with Crippen LogP contribution in [-0.4, -0.2) is 15.3 Å². The fourth-order valence-corrected chi connectivity index (χ4v) is 6.12. The largest absolute Gasteiger partial charge is 0.673 e. The van der Waals surface area contributed by atoms with Gasteiger partial charge in [0.15, 0.2) is 3.93 Å². The molecule has 118 valence electrons. The van der Waals surface area contributed by atoms with Gasteiger partial charge in [-0.3, -0.25) is 0 Å². The Morgan fingerprint density at radius 2 is 1.33 bits per heavy atom. The zero-order chi connectivity index (χ0) is 16.8. The summed E-state index contributed by atoms with van der Waals surface area (Å²) in [5, 5.41) is 0. The molecule has 1 aromatic rings. The topological polar surface area (TPSA) is 0 Å². The van der Waals surface area contributed by atoms with E-state index in [9.17, 15) is 17.3 Å². The second-order valence-corrected chi connectivity index (χ2v) is 12.7. The van der Waals surface area contributed by atoms with E-state index in [1.807, 2.05) is 0 Å². The van der Waals surface area contributed by atoms with Gasteiger partial charge < -0.3 is 17.3 Å². The van der Waals surface area contributed by atoms with Crippen molar-refractivity contribution in [3.8, 4) is 9.47 Å². The average Bonchev–Trinajstić information content (AvgIpc) is 2.17. The number of aryl methyl sites for hydroxylation is 3. The van der Waals surface area contributed by atoms with Crippen molar-refractivity contribution in [3.05, 3.63) is 32.4 Å². The Kier molecular flexibility index (Phi) is 8.03. The van der Waals surface area contributed by atoms with Crippen molar-refractivity contribution in [1.29, 1.82) is 0 Å². The van der Waals surface area contributed by atoms with Gasteiger partial charge in [-0.05, 0) is 20.8 Å². The van der Waals surface area contributed by atoms with E-state index in [-0.39, 0.29) is 21.2 Å². The molecule has 1 rings (SSSR count). The van der Waals surface area contributed by atoms with E-state index in [0.29, 0.717) is 0 Å². The van der Waals surface area contributed by atoms with Gasteiger partial charge in [0.25, 0.3) is 0 Å². The molecule has 0 radical (unpaired) electrons. The number of hydrogen-bond donors (Lipinski definition) is 0. The predicted octanol–water partition coefficient (Wildman–Crippen LogP) is 2.01. The first-order valence-electron chi connectivity index (χ1n) is 6.41. The van der Waals surface area contributed by atoms with Crippen molar-refractivity contribution in [2.75, 3.05) is 0 Å². The summed E-state index contributed by atoms with van der Waals surface area (Å²) in [7, 11) is -7.19. The van der Waals surface area contributed by atoms with Crippen LogP contribution >= 0.6 is 0 Å². The van der Waals surface area contributed by atoms with E-state index in [2.05, 4.69) is 62.0 Å². The molecule has 0 saturated heterocycles. The molecular formula is C14H20BF4ISi. The van der Waals surface area contributed by atoms with Crippen LogP contribution in [0.15, 0.2) is 12.1 Å². The van der Waals surface area contributed by atoms with E-state index < -0.39 is 15.3 Å². The maximum Gasteiger partial charge on any atom is 0.673 e. The van der Waals surface area contributed by atoms with Crippen LogP contribution in [0.3, 0.4) is 0 Å². The van der Waals surface area contributed by atoms with Crippen molar-refractivity contribution in [3.63, 3.8) is 0 Å². The molecular weight excluding hydrogens is 410 g/mol. The molecule has 0 heterocycles. The molecule has 21 heavy (non-hydrogen) atoms. The lowest BCUT2D eigenvalue weighted by atomic mass is 10.1. The van der Waals surface area contributed by atoms with Crippen LogP contribution in [0.25, 0.3) is 0 Å². The Balaban J connectivity index is 0.000000690. The van der Waals surface area contributed by atoms with Gasteiger partial charge in [-0.25, -0.2) is 0 Å². The molecule has 0 spiro atoms. The van der Waals surface area contributed by atoms with Gasteiger partial charge in [-0.1, -0.05) is 42.9 Å². The van der Waals surface area contributed by atoms with Gasteiger partial charge >= 0.3 is 28.5 Å². The zero-order valence-corrected chi connectivity index (χ0v) is 16.3. The van der Waals surface area contributed by atoms with E-state index in [4.69, 9.17) is 0 Å². The third-order valence-corrected chi connectivity index (χ3v) is 6.31. The first-order chi connectivity index (χ1) is 9.29. The Morgan fingerprint density at radius 1 is 0.952 bits per heavy atom. The van der Waals surface area contributed by atoms with E-state index in [1.54, 1.807) is 0 Å². The Morgan fingerprint density at radius 3 is 1.67 bits per heavy atom. The van der Waals surface area contributed by atoms with Crippen LogP contribution in [0.5, 0.6) is 0 Å². The first kappa shape index (κ1) is 20.5. The minimum absolute atomic E-state index is 0.122. The van der Waals surface area contributed by atoms with Gasteiger partial charge in [0, 0.05) is 11.1 Å². The number of benzene rings is 1. The molecule has 0 unspecified atom stereocenters. The van der Waals surface area contributed by atoms with Crippen molar-refractivity contribution >= 4 is 15.3 Å². The molecule has 0 N–H and O–H groups in total. The van der Waals surface area contributed by atoms with Crippen LogP contribution < -0.4 is 21.2 Å². The molecule has 0 aliphatic carbocycles. The maximum atomic E-state index is 9.75. The summed E-state index contributed by atoms with van der Waals surface area (Å²) in [6.45, 7) is 13.5. The van der Waals surface area contributed by atoms with E-state index in [1.165, 1.54) is 20.3 Å². The molecule has 1 aromatic carbocycles. The second-order valence-electron chi connectivity index (χ2n) is 5.77. The van der Waals surface area contributed by atoms with Crippen LogP contribution in [0, 0.1) is 33.8 Å². The SMILES string of the molecule is Cc1cc(C)c([I+]C#C[Si](C)(C)C)c(C)c1.F[B-](F)(F)F. The van der Waals surface area contributed by atoms with E-state index in [0.717, 1.165) is 0 Å². The third-order valence-electron chi connectivity index (χ3n) is 2.14. The minimum atomic E-state index is -6.00. The van der Waals surface area contributed by atoms with Crippen LogP contribution in [0.1, 0.15) is 16.7 Å². The molecule has 0 amide bonds. The molecule has 0 fully saturated rings. The normalized spacial score (nSPS) is 11.1. The molecule has 0 bridgehead atoms. The van der Waals surface area contributed by atoms with Crippen LogP contribution in [0.4, 0.5) is 17.3 Å². The molecule has 0 aromatic heterocycles. The zero-order valence-electron chi connectivity index (χ0n) is 13.1. The molecule has 0 atom stereocenters. The van der Waals surface area contributed by atoms with Crippen molar-refractivity contribution in [2.24, 2.45) is 0 Å². The van der Waals surface area contributed by atoms with Gasteiger partial charge in [0.2, 0.25) is 3.57 Å². The number of halogens is 5.